The number of carbonyl (C=O) groups excluding carboxylic acids is 2. The van der Waals surface area contributed by atoms with Crippen LogP contribution in [-0.4, -0.2) is 38.4 Å². The topological polar surface area (TPSA) is 111 Å². The van der Waals surface area contributed by atoms with Crippen molar-refractivity contribution in [3.63, 3.8) is 0 Å². The third-order valence-electron chi connectivity index (χ3n) is 5.43. The highest BCUT2D eigenvalue weighted by Crippen LogP contribution is 2.44. The van der Waals surface area contributed by atoms with Crippen molar-refractivity contribution in [2.24, 2.45) is 0 Å². The Morgan fingerprint density at radius 1 is 1.28 bits per heavy atom. The van der Waals surface area contributed by atoms with E-state index in [9.17, 15) is 9.59 Å². The zero-order chi connectivity index (χ0) is 25.2. The van der Waals surface area contributed by atoms with Gasteiger partial charge in [-0.05, 0) is 43.2 Å². The number of terminal acetylenes is 1. The number of carbonyl (C=O) groups is 2. The summed E-state index contributed by atoms with van der Waals surface area (Å²) in [5.74, 6) is 1.36. The molecule has 0 spiro atoms. The molecule has 3 heterocycles. The molecule has 180 valence electrons. The van der Waals surface area contributed by atoms with Crippen molar-refractivity contribution < 1.29 is 18.7 Å². The molecule has 1 aliphatic carbocycles. The van der Waals surface area contributed by atoms with Crippen molar-refractivity contribution in [3.05, 3.63) is 59.8 Å². The van der Waals surface area contributed by atoms with Crippen LogP contribution < -0.4 is 10.6 Å². The first-order valence-corrected chi connectivity index (χ1v) is 11.7. The van der Waals surface area contributed by atoms with Crippen molar-refractivity contribution in [2.75, 3.05) is 17.2 Å². The summed E-state index contributed by atoms with van der Waals surface area (Å²) in [6.07, 6.45) is 8.98. The quantitative estimate of drug-likeness (QED) is 0.391. The lowest BCUT2D eigenvalue weighted by Gasteiger charge is -2.15. The number of ether oxygens (including phenoxy) is 1. The van der Waals surface area contributed by atoms with Crippen LogP contribution in [0.2, 0.25) is 0 Å². The van der Waals surface area contributed by atoms with E-state index in [-0.39, 0.29) is 23.9 Å². The summed E-state index contributed by atoms with van der Waals surface area (Å²) in [6.45, 7) is 1.23. The van der Waals surface area contributed by atoms with E-state index >= 15 is 4.39 Å². The minimum absolute atomic E-state index is 0.186. The summed E-state index contributed by atoms with van der Waals surface area (Å²) in [5.41, 5.74) is 4.34. The van der Waals surface area contributed by atoms with E-state index in [0.29, 0.717) is 29.4 Å². The number of amides is 2. The normalized spacial score (nSPS) is 11.7. The van der Waals surface area contributed by atoms with Crippen molar-refractivity contribution >= 4 is 34.2 Å². The second-order valence-electron chi connectivity index (χ2n) is 7.88. The molecule has 0 unspecified atom stereocenters. The lowest BCUT2D eigenvalue weighted by Crippen LogP contribution is -2.14. The Balaban J connectivity index is 1.61. The average Bonchev–Trinajstić information content (AvgIpc) is 3.44. The van der Waals surface area contributed by atoms with E-state index in [0.717, 1.165) is 21.7 Å². The molecule has 9 nitrogen and oxygen atoms in total. The number of benzene rings is 1. The van der Waals surface area contributed by atoms with Gasteiger partial charge in [-0.15, -0.1) is 6.42 Å². The second kappa shape index (κ2) is 9.59. The predicted molar refractivity (Wildman–Crippen MR) is 133 cm³/mol. The van der Waals surface area contributed by atoms with Gasteiger partial charge in [-0.3, -0.25) is 15.1 Å². The van der Waals surface area contributed by atoms with Crippen molar-refractivity contribution in [1.29, 1.82) is 0 Å². The molecule has 0 saturated carbocycles. The van der Waals surface area contributed by atoms with E-state index in [4.69, 9.17) is 16.3 Å². The molecule has 0 fully saturated rings. The van der Waals surface area contributed by atoms with Crippen LogP contribution in [0.15, 0.2) is 42.7 Å². The first-order valence-electron chi connectivity index (χ1n) is 10.9. The highest BCUT2D eigenvalue weighted by Gasteiger charge is 2.30. The number of aryl methyl sites for hydroxylation is 1. The summed E-state index contributed by atoms with van der Waals surface area (Å²) in [4.78, 5) is 33.0. The van der Waals surface area contributed by atoms with Gasteiger partial charge in [0, 0.05) is 36.1 Å². The summed E-state index contributed by atoms with van der Waals surface area (Å²) in [6, 6.07) is 7.97. The molecule has 2 amide bonds. The van der Waals surface area contributed by atoms with Crippen LogP contribution in [0.1, 0.15) is 18.2 Å². The Bertz CT molecular complexity index is 1520. The number of anilines is 2. The molecule has 0 bridgehead atoms. The summed E-state index contributed by atoms with van der Waals surface area (Å²) >= 11 is 1.32. The molecule has 2 N–H and O–H groups in total. The molecule has 0 saturated heterocycles. The van der Waals surface area contributed by atoms with E-state index in [1.54, 1.807) is 23.1 Å². The SMILES string of the molecule is C#CCOC(=O)Nc1ccc(-n2nc(-c3cccnc3)c3c2-c2sc(NC(C)=O)nc2CC3)c(F)c1. The average molecular weight is 503 g/mol. The van der Waals surface area contributed by atoms with E-state index in [2.05, 4.69) is 26.5 Å². The first kappa shape index (κ1) is 23.2. The number of pyridine rings is 1. The maximum atomic E-state index is 15.4. The standard InChI is InChI=1S/C25H19FN6O3S/c1-3-11-35-25(34)29-16-6-9-20(18(26)12-16)32-22-17(21(31-32)15-5-4-10-27-13-15)7-8-19-23(22)36-24(30-19)28-14(2)33/h1,4-6,9-10,12-13H,7-8,11H2,2H3,(H,29,34)(H,28,30,33). The van der Waals surface area contributed by atoms with Gasteiger partial charge in [-0.2, -0.15) is 5.10 Å². The van der Waals surface area contributed by atoms with Gasteiger partial charge in [0.2, 0.25) is 5.91 Å². The number of hydrogen-bond donors (Lipinski definition) is 2. The number of nitrogens with one attached hydrogen (secondary N) is 2. The van der Waals surface area contributed by atoms with Crippen LogP contribution in [0.5, 0.6) is 0 Å². The van der Waals surface area contributed by atoms with Gasteiger partial charge in [0.15, 0.2) is 17.6 Å². The molecular formula is C25H19FN6O3S. The number of rotatable bonds is 5. The van der Waals surface area contributed by atoms with Gasteiger partial charge in [0.1, 0.15) is 5.69 Å². The van der Waals surface area contributed by atoms with Crippen molar-refractivity contribution in [1.82, 2.24) is 19.7 Å². The molecule has 36 heavy (non-hydrogen) atoms. The van der Waals surface area contributed by atoms with Crippen LogP contribution in [0.4, 0.5) is 20.0 Å². The highest BCUT2D eigenvalue weighted by molar-refractivity contribution is 7.19. The van der Waals surface area contributed by atoms with E-state index in [1.807, 2.05) is 12.1 Å². The maximum absolute atomic E-state index is 15.4. The van der Waals surface area contributed by atoms with E-state index < -0.39 is 11.9 Å². The van der Waals surface area contributed by atoms with Crippen molar-refractivity contribution in [2.45, 2.75) is 19.8 Å². The second-order valence-corrected chi connectivity index (χ2v) is 8.88. The molecule has 5 rings (SSSR count). The number of halogens is 1. The third-order valence-corrected chi connectivity index (χ3v) is 6.45. The Morgan fingerprint density at radius 3 is 2.86 bits per heavy atom. The Labute approximate surface area is 209 Å². The molecule has 1 aliphatic rings. The number of fused-ring (bicyclic) bond motifs is 3. The van der Waals surface area contributed by atoms with Crippen LogP contribution >= 0.6 is 11.3 Å². The molecule has 0 radical (unpaired) electrons. The number of nitrogens with zero attached hydrogens (tertiary/aromatic N) is 4. The molecule has 3 aromatic heterocycles. The fourth-order valence-corrected chi connectivity index (χ4v) is 5.12. The Hall–Kier alpha value is -4.56. The monoisotopic (exact) mass is 502 g/mol. The molecule has 0 atom stereocenters. The number of thiazole rings is 1. The van der Waals surface area contributed by atoms with Crippen molar-refractivity contribution in [3.8, 4) is 39.9 Å². The minimum Gasteiger partial charge on any atom is -0.436 e. The fourth-order valence-electron chi connectivity index (χ4n) is 4.00. The van der Waals surface area contributed by atoms with Crippen LogP contribution in [-0.2, 0) is 22.4 Å². The fraction of sp³-hybridized carbons (Fsp3) is 0.160. The zero-order valence-electron chi connectivity index (χ0n) is 19.0. The maximum Gasteiger partial charge on any atom is 0.412 e. The predicted octanol–water partition coefficient (Wildman–Crippen LogP) is 4.44. The van der Waals surface area contributed by atoms with Crippen LogP contribution in [0.3, 0.4) is 0 Å². The number of aromatic nitrogens is 4. The van der Waals surface area contributed by atoms with Gasteiger partial charge in [-0.25, -0.2) is 18.9 Å². The first-order chi connectivity index (χ1) is 17.4. The molecule has 1 aromatic carbocycles. The Morgan fingerprint density at radius 2 is 2.14 bits per heavy atom. The van der Waals surface area contributed by atoms with Gasteiger partial charge in [-0.1, -0.05) is 17.3 Å². The van der Waals surface area contributed by atoms with Crippen LogP contribution in [0.25, 0.3) is 27.5 Å². The Kier molecular flexibility index (Phi) is 6.18. The zero-order valence-corrected chi connectivity index (χ0v) is 19.9. The summed E-state index contributed by atoms with van der Waals surface area (Å²) < 4.78 is 21.7. The lowest BCUT2D eigenvalue weighted by molar-refractivity contribution is -0.114. The molecule has 4 aromatic rings. The minimum atomic E-state index is -0.782. The summed E-state index contributed by atoms with van der Waals surface area (Å²) in [7, 11) is 0. The van der Waals surface area contributed by atoms with Gasteiger partial charge >= 0.3 is 6.09 Å². The highest BCUT2D eigenvalue weighted by atomic mass is 32.1. The summed E-state index contributed by atoms with van der Waals surface area (Å²) in [5, 5.41) is 10.4. The van der Waals surface area contributed by atoms with Gasteiger partial charge in [0.25, 0.3) is 0 Å². The third kappa shape index (κ3) is 4.42. The van der Waals surface area contributed by atoms with Crippen LogP contribution in [0, 0.1) is 18.2 Å². The molecule has 0 aliphatic heterocycles. The van der Waals surface area contributed by atoms with E-state index in [1.165, 1.54) is 30.4 Å². The molecular weight excluding hydrogens is 483 g/mol. The molecule has 11 heteroatoms. The smallest absolute Gasteiger partial charge is 0.412 e. The van der Waals surface area contributed by atoms with Gasteiger partial charge < -0.3 is 10.1 Å². The number of hydrogen-bond acceptors (Lipinski definition) is 7. The largest absolute Gasteiger partial charge is 0.436 e. The van der Waals surface area contributed by atoms with Gasteiger partial charge in [0.05, 0.1) is 22.0 Å². The lowest BCUT2D eigenvalue weighted by atomic mass is 9.95.